The SMILES string of the molecule is CCC(CSC)N(C)S(=O)(=O)c1ccc(CN)cc1. The molecule has 2 N–H and O–H groups in total. The Morgan fingerprint density at radius 2 is 1.89 bits per heavy atom. The van der Waals surface area contributed by atoms with E-state index >= 15 is 0 Å². The molecule has 108 valence electrons. The first kappa shape index (κ1) is 16.5. The average molecular weight is 302 g/mol. The van der Waals surface area contributed by atoms with Gasteiger partial charge in [-0.15, -0.1) is 0 Å². The van der Waals surface area contributed by atoms with Crippen LogP contribution in [0.25, 0.3) is 0 Å². The Bertz CT molecular complexity index is 486. The van der Waals surface area contributed by atoms with Gasteiger partial charge < -0.3 is 5.73 Å². The summed E-state index contributed by atoms with van der Waals surface area (Å²) in [5.41, 5.74) is 6.44. The predicted molar refractivity (Wildman–Crippen MR) is 81.7 cm³/mol. The van der Waals surface area contributed by atoms with Crippen molar-refractivity contribution in [1.82, 2.24) is 4.31 Å². The van der Waals surface area contributed by atoms with E-state index in [0.717, 1.165) is 17.7 Å². The van der Waals surface area contributed by atoms with Crippen molar-refractivity contribution in [3.8, 4) is 0 Å². The highest BCUT2D eigenvalue weighted by Crippen LogP contribution is 2.20. The fraction of sp³-hybridized carbons (Fsp3) is 0.538. The number of benzene rings is 1. The molecule has 0 bridgehead atoms. The van der Waals surface area contributed by atoms with E-state index < -0.39 is 10.0 Å². The van der Waals surface area contributed by atoms with Crippen molar-refractivity contribution < 1.29 is 8.42 Å². The molecule has 0 heterocycles. The molecule has 0 fully saturated rings. The minimum atomic E-state index is -3.42. The van der Waals surface area contributed by atoms with Crippen molar-refractivity contribution in [1.29, 1.82) is 0 Å². The zero-order chi connectivity index (χ0) is 14.5. The van der Waals surface area contributed by atoms with Gasteiger partial charge in [-0.1, -0.05) is 19.1 Å². The highest BCUT2D eigenvalue weighted by atomic mass is 32.2. The summed E-state index contributed by atoms with van der Waals surface area (Å²) >= 11 is 1.66. The molecule has 1 atom stereocenters. The van der Waals surface area contributed by atoms with Crippen LogP contribution in [0.5, 0.6) is 0 Å². The van der Waals surface area contributed by atoms with Crippen LogP contribution in [0.1, 0.15) is 18.9 Å². The molecule has 0 aliphatic carbocycles. The van der Waals surface area contributed by atoms with Crippen LogP contribution in [0, 0.1) is 0 Å². The number of hydrogen-bond acceptors (Lipinski definition) is 4. The number of nitrogens with zero attached hydrogens (tertiary/aromatic N) is 1. The largest absolute Gasteiger partial charge is 0.326 e. The van der Waals surface area contributed by atoms with Gasteiger partial charge in [0.1, 0.15) is 0 Å². The Hall–Kier alpha value is -0.560. The smallest absolute Gasteiger partial charge is 0.243 e. The minimum absolute atomic E-state index is 0.0224. The van der Waals surface area contributed by atoms with Gasteiger partial charge in [-0.25, -0.2) is 8.42 Å². The Balaban J connectivity index is 3.00. The van der Waals surface area contributed by atoms with E-state index in [-0.39, 0.29) is 6.04 Å². The molecule has 0 aliphatic heterocycles. The Labute approximate surface area is 120 Å². The van der Waals surface area contributed by atoms with Crippen LogP contribution >= 0.6 is 11.8 Å². The van der Waals surface area contributed by atoms with E-state index in [9.17, 15) is 8.42 Å². The number of hydrogen-bond donors (Lipinski definition) is 1. The van der Waals surface area contributed by atoms with Crippen LogP contribution in [0.4, 0.5) is 0 Å². The highest BCUT2D eigenvalue weighted by molar-refractivity contribution is 7.98. The topological polar surface area (TPSA) is 63.4 Å². The monoisotopic (exact) mass is 302 g/mol. The van der Waals surface area contributed by atoms with Crippen molar-refractivity contribution in [2.45, 2.75) is 30.8 Å². The maximum Gasteiger partial charge on any atom is 0.243 e. The molecule has 0 spiro atoms. The van der Waals surface area contributed by atoms with E-state index in [2.05, 4.69) is 0 Å². The molecule has 0 aromatic heterocycles. The lowest BCUT2D eigenvalue weighted by molar-refractivity contribution is 0.385. The third-order valence-electron chi connectivity index (χ3n) is 3.18. The molecule has 1 aromatic rings. The molecule has 0 aliphatic rings. The third kappa shape index (κ3) is 3.95. The van der Waals surface area contributed by atoms with Crippen molar-refractivity contribution in [3.63, 3.8) is 0 Å². The summed E-state index contributed by atoms with van der Waals surface area (Å²) in [4.78, 5) is 0.326. The summed E-state index contributed by atoms with van der Waals surface area (Å²) in [5, 5.41) is 0. The number of rotatable bonds is 7. The zero-order valence-electron chi connectivity index (χ0n) is 11.7. The number of sulfonamides is 1. The molecular weight excluding hydrogens is 280 g/mol. The van der Waals surface area contributed by atoms with Gasteiger partial charge in [0.2, 0.25) is 10.0 Å². The van der Waals surface area contributed by atoms with Crippen LogP contribution in [-0.4, -0.2) is 37.8 Å². The molecule has 1 rings (SSSR count). The maximum atomic E-state index is 12.5. The Morgan fingerprint density at radius 1 is 1.32 bits per heavy atom. The maximum absolute atomic E-state index is 12.5. The minimum Gasteiger partial charge on any atom is -0.326 e. The predicted octanol–water partition coefficient (Wildman–Crippen LogP) is 1.91. The lowest BCUT2D eigenvalue weighted by Gasteiger charge is -2.26. The van der Waals surface area contributed by atoms with Gasteiger partial charge in [-0.05, 0) is 30.4 Å². The van der Waals surface area contributed by atoms with Crippen molar-refractivity contribution in [2.75, 3.05) is 19.1 Å². The second-order valence-electron chi connectivity index (χ2n) is 4.39. The van der Waals surface area contributed by atoms with Gasteiger partial charge in [0.05, 0.1) is 4.90 Å². The quantitative estimate of drug-likeness (QED) is 0.835. The van der Waals surface area contributed by atoms with Crippen LogP contribution in [0.3, 0.4) is 0 Å². The van der Waals surface area contributed by atoms with E-state index in [1.807, 2.05) is 13.2 Å². The van der Waals surface area contributed by atoms with Gasteiger partial charge in [-0.3, -0.25) is 0 Å². The van der Waals surface area contributed by atoms with Gasteiger partial charge >= 0.3 is 0 Å². The summed E-state index contributed by atoms with van der Waals surface area (Å²) in [5.74, 6) is 0.799. The number of thioether (sulfide) groups is 1. The first-order valence-electron chi connectivity index (χ1n) is 6.23. The van der Waals surface area contributed by atoms with Gasteiger partial charge in [0.25, 0.3) is 0 Å². The number of nitrogens with two attached hydrogens (primary N) is 1. The van der Waals surface area contributed by atoms with Gasteiger partial charge in [0, 0.05) is 25.4 Å². The summed E-state index contributed by atoms with van der Waals surface area (Å²) in [6, 6.07) is 6.79. The fourth-order valence-corrected chi connectivity index (χ4v) is 4.20. The molecular formula is C13H22N2O2S2. The highest BCUT2D eigenvalue weighted by Gasteiger charge is 2.26. The Morgan fingerprint density at radius 3 is 2.32 bits per heavy atom. The third-order valence-corrected chi connectivity index (χ3v) is 5.82. The van der Waals surface area contributed by atoms with E-state index in [0.29, 0.717) is 11.4 Å². The standard InChI is InChI=1S/C13H22N2O2S2/c1-4-12(10-18-3)15(2)19(16,17)13-7-5-11(9-14)6-8-13/h5-8,12H,4,9-10,14H2,1-3H3. The van der Waals surface area contributed by atoms with Crippen molar-refractivity contribution >= 4 is 21.8 Å². The fourth-order valence-electron chi connectivity index (χ4n) is 1.83. The van der Waals surface area contributed by atoms with E-state index in [1.165, 1.54) is 4.31 Å². The second-order valence-corrected chi connectivity index (χ2v) is 7.29. The van der Waals surface area contributed by atoms with Crippen LogP contribution in [-0.2, 0) is 16.6 Å². The van der Waals surface area contributed by atoms with Crippen LogP contribution < -0.4 is 5.73 Å². The summed E-state index contributed by atoms with van der Waals surface area (Å²) < 4.78 is 26.5. The molecule has 6 heteroatoms. The molecule has 1 aromatic carbocycles. The normalized spacial score (nSPS) is 13.7. The van der Waals surface area contributed by atoms with Crippen molar-refractivity contribution in [3.05, 3.63) is 29.8 Å². The summed E-state index contributed by atoms with van der Waals surface area (Å²) in [6.07, 6.45) is 2.79. The molecule has 4 nitrogen and oxygen atoms in total. The first-order chi connectivity index (χ1) is 8.97. The lowest BCUT2D eigenvalue weighted by atomic mass is 10.2. The van der Waals surface area contributed by atoms with Crippen LogP contribution in [0.2, 0.25) is 0 Å². The first-order valence-corrected chi connectivity index (χ1v) is 9.06. The van der Waals surface area contributed by atoms with E-state index in [1.54, 1.807) is 43.1 Å². The van der Waals surface area contributed by atoms with Gasteiger partial charge in [-0.2, -0.15) is 16.1 Å². The molecule has 0 amide bonds. The molecule has 1 unspecified atom stereocenters. The summed E-state index contributed by atoms with van der Waals surface area (Å²) in [6.45, 7) is 2.42. The second kappa shape index (κ2) is 7.28. The molecule has 0 radical (unpaired) electrons. The lowest BCUT2D eigenvalue weighted by Crippen LogP contribution is -2.38. The Kier molecular flexibility index (Phi) is 6.32. The summed E-state index contributed by atoms with van der Waals surface area (Å²) in [7, 11) is -1.77. The zero-order valence-corrected chi connectivity index (χ0v) is 13.3. The van der Waals surface area contributed by atoms with Crippen LogP contribution in [0.15, 0.2) is 29.2 Å². The van der Waals surface area contributed by atoms with Gasteiger partial charge in [0.15, 0.2) is 0 Å². The van der Waals surface area contributed by atoms with E-state index in [4.69, 9.17) is 5.73 Å². The molecule has 0 saturated carbocycles. The molecule has 0 saturated heterocycles. The van der Waals surface area contributed by atoms with Crippen molar-refractivity contribution in [2.24, 2.45) is 5.73 Å². The molecule has 19 heavy (non-hydrogen) atoms. The average Bonchev–Trinajstić information content (AvgIpc) is 2.44.